The molecule has 5 aromatic rings. The molecule has 0 aliphatic carbocycles. The van der Waals surface area contributed by atoms with Crippen molar-refractivity contribution in [2.24, 2.45) is 5.73 Å². The average Bonchev–Trinajstić information content (AvgIpc) is 3.11. The first kappa shape index (κ1) is 19.6. The van der Waals surface area contributed by atoms with Crippen molar-refractivity contribution in [3.05, 3.63) is 90.0 Å². The van der Waals surface area contributed by atoms with Crippen molar-refractivity contribution in [2.75, 3.05) is 6.61 Å². The van der Waals surface area contributed by atoms with Crippen LogP contribution in [-0.2, 0) is 11.3 Å². The zero-order chi connectivity index (χ0) is 22.2. The van der Waals surface area contributed by atoms with Gasteiger partial charge >= 0.3 is 5.97 Å². The number of ether oxygens (including phenoxy) is 1. The number of aromatic nitrogens is 1. The number of benzene rings is 4. The number of hydrogen-bond acceptors (Lipinski definition) is 3. The lowest BCUT2D eigenvalue weighted by Crippen LogP contribution is -2.15. The van der Waals surface area contributed by atoms with E-state index >= 15 is 0 Å². The molecule has 3 N–H and O–H groups in total. The summed E-state index contributed by atoms with van der Waals surface area (Å²) in [6, 6.07) is 25.0. The number of fused-ring (bicyclic) bond motifs is 4. The molecule has 0 saturated heterocycles. The number of para-hydroxylation sites is 1. The van der Waals surface area contributed by atoms with E-state index in [1.54, 1.807) is 0 Å². The molecule has 0 bridgehead atoms. The highest BCUT2D eigenvalue weighted by Gasteiger charge is 2.25. The molecule has 6 nitrogen and oxygen atoms in total. The molecule has 0 unspecified atom stereocenters. The van der Waals surface area contributed by atoms with Crippen molar-refractivity contribution in [2.45, 2.75) is 6.54 Å². The minimum Gasteiger partial charge on any atom is -0.481 e. The van der Waals surface area contributed by atoms with E-state index in [1.165, 1.54) is 0 Å². The van der Waals surface area contributed by atoms with Crippen molar-refractivity contribution in [1.82, 2.24) is 4.57 Å². The second-order valence-electron chi connectivity index (χ2n) is 7.61. The molecule has 0 radical (unpaired) electrons. The van der Waals surface area contributed by atoms with Gasteiger partial charge in [0, 0.05) is 28.2 Å². The summed E-state index contributed by atoms with van der Waals surface area (Å²) in [5, 5.41) is 12.1. The molecule has 1 amide bonds. The van der Waals surface area contributed by atoms with Gasteiger partial charge in [-0.25, -0.2) is 4.79 Å². The molecule has 0 aliphatic rings. The summed E-state index contributed by atoms with van der Waals surface area (Å²) in [6.07, 6.45) is 0. The molecule has 4 aromatic carbocycles. The molecular formula is C26H20N2O4. The van der Waals surface area contributed by atoms with Crippen LogP contribution in [0.15, 0.2) is 78.9 Å². The van der Waals surface area contributed by atoms with Crippen LogP contribution in [0.1, 0.15) is 15.9 Å². The van der Waals surface area contributed by atoms with Crippen LogP contribution in [0.5, 0.6) is 5.75 Å². The Morgan fingerprint density at radius 1 is 0.844 bits per heavy atom. The zero-order valence-corrected chi connectivity index (χ0v) is 17.1. The number of hydrogen-bond donors (Lipinski definition) is 2. The first-order chi connectivity index (χ1) is 15.6. The van der Waals surface area contributed by atoms with E-state index in [0.29, 0.717) is 39.5 Å². The van der Waals surface area contributed by atoms with Gasteiger partial charge in [-0.2, -0.15) is 0 Å². The predicted molar refractivity (Wildman–Crippen MR) is 124 cm³/mol. The van der Waals surface area contributed by atoms with Gasteiger partial charge in [0.15, 0.2) is 6.61 Å². The molecule has 158 valence electrons. The third-order valence-corrected chi connectivity index (χ3v) is 5.65. The Hall–Kier alpha value is -4.32. The monoisotopic (exact) mass is 424 g/mol. The summed E-state index contributed by atoms with van der Waals surface area (Å²) in [7, 11) is 0. The first-order valence-corrected chi connectivity index (χ1v) is 10.2. The van der Waals surface area contributed by atoms with Gasteiger partial charge in [0.25, 0.3) is 5.91 Å². The summed E-state index contributed by atoms with van der Waals surface area (Å²) in [5.41, 5.74) is 8.92. The highest BCUT2D eigenvalue weighted by Crippen LogP contribution is 2.43. The van der Waals surface area contributed by atoms with E-state index in [9.17, 15) is 14.7 Å². The van der Waals surface area contributed by atoms with Gasteiger partial charge in [-0.3, -0.25) is 4.79 Å². The van der Waals surface area contributed by atoms with Gasteiger partial charge in [-0.05, 0) is 11.6 Å². The summed E-state index contributed by atoms with van der Waals surface area (Å²) in [4.78, 5) is 24.1. The molecule has 0 fully saturated rings. The number of rotatable bonds is 6. The highest BCUT2D eigenvalue weighted by atomic mass is 16.5. The van der Waals surface area contributed by atoms with Crippen LogP contribution in [-0.4, -0.2) is 28.2 Å². The summed E-state index contributed by atoms with van der Waals surface area (Å²) in [6.45, 7) is 0.0229. The summed E-state index contributed by atoms with van der Waals surface area (Å²) < 4.78 is 7.89. The Morgan fingerprint density at radius 2 is 1.47 bits per heavy atom. The van der Waals surface area contributed by atoms with E-state index in [4.69, 9.17) is 10.5 Å². The number of carbonyl (C=O) groups excluding carboxylic acids is 1. The Kier molecular flexibility index (Phi) is 4.75. The van der Waals surface area contributed by atoms with Gasteiger partial charge in [0.05, 0.1) is 16.5 Å². The standard InChI is InChI=1S/C26H20N2O4/c27-26(31)23-17-10-4-5-11-18(17)25(32-15-21(29)30)22-19-12-6-7-13-20(19)28(24(22)23)14-16-8-2-1-3-9-16/h1-13H,14-15H2,(H2,27,31)(H,29,30). The van der Waals surface area contributed by atoms with Crippen LogP contribution < -0.4 is 10.5 Å². The molecule has 0 atom stereocenters. The lowest BCUT2D eigenvalue weighted by atomic mass is 9.98. The highest BCUT2D eigenvalue weighted by molar-refractivity contribution is 6.26. The Balaban J connectivity index is 1.97. The Morgan fingerprint density at radius 3 is 2.16 bits per heavy atom. The number of carbonyl (C=O) groups is 2. The number of nitrogens with zero attached hydrogens (tertiary/aromatic N) is 1. The maximum atomic E-state index is 12.8. The van der Waals surface area contributed by atoms with Crippen molar-refractivity contribution in [1.29, 1.82) is 0 Å². The van der Waals surface area contributed by atoms with Crippen molar-refractivity contribution >= 4 is 44.5 Å². The molecule has 32 heavy (non-hydrogen) atoms. The fourth-order valence-corrected chi connectivity index (χ4v) is 4.42. The van der Waals surface area contributed by atoms with Gasteiger partial charge in [0.1, 0.15) is 5.75 Å². The predicted octanol–water partition coefficient (Wildman–Crippen LogP) is 4.56. The normalized spacial score (nSPS) is 11.2. The lowest BCUT2D eigenvalue weighted by Gasteiger charge is -2.15. The van der Waals surface area contributed by atoms with Crippen molar-refractivity contribution < 1.29 is 19.4 Å². The lowest BCUT2D eigenvalue weighted by molar-refractivity contribution is -0.139. The van der Waals surface area contributed by atoms with E-state index in [0.717, 1.165) is 16.5 Å². The molecule has 1 heterocycles. The molecule has 0 spiro atoms. The van der Waals surface area contributed by atoms with Crippen molar-refractivity contribution in [3.63, 3.8) is 0 Å². The van der Waals surface area contributed by atoms with Crippen LogP contribution >= 0.6 is 0 Å². The maximum Gasteiger partial charge on any atom is 0.341 e. The SMILES string of the molecule is NC(=O)c1c2ccccc2c(OCC(=O)O)c2c3ccccc3n(Cc3ccccc3)c12. The Bertz CT molecular complexity index is 1500. The molecule has 1 aromatic heterocycles. The topological polar surface area (TPSA) is 94.6 Å². The second kappa shape index (κ2) is 7.74. The van der Waals surface area contributed by atoms with E-state index in [-0.39, 0.29) is 0 Å². The third-order valence-electron chi connectivity index (χ3n) is 5.65. The van der Waals surface area contributed by atoms with Gasteiger partial charge in [0.2, 0.25) is 0 Å². The molecule has 6 heteroatoms. The largest absolute Gasteiger partial charge is 0.481 e. The maximum absolute atomic E-state index is 12.8. The minimum atomic E-state index is -1.07. The zero-order valence-electron chi connectivity index (χ0n) is 17.1. The number of primary amides is 1. The number of aliphatic carboxylic acids is 1. The van der Waals surface area contributed by atoms with E-state index in [1.807, 2.05) is 78.9 Å². The molecule has 0 saturated carbocycles. The van der Waals surface area contributed by atoms with E-state index in [2.05, 4.69) is 4.57 Å². The molecular weight excluding hydrogens is 404 g/mol. The van der Waals surface area contributed by atoms with Crippen LogP contribution in [0.4, 0.5) is 0 Å². The van der Waals surface area contributed by atoms with E-state index < -0.39 is 18.5 Å². The number of amides is 1. The minimum absolute atomic E-state index is 0.394. The fourth-order valence-electron chi connectivity index (χ4n) is 4.42. The fraction of sp³-hybridized carbons (Fsp3) is 0.0769. The summed E-state index contributed by atoms with van der Waals surface area (Å²) >= 11 is 0. The number of carboxylic acids is 1. The van der Waals surface area contributed by atoms with Gasteiger partial charge in [-0.15, -0.1) is 0 Å². The number of nitrogens with two attached hydrogens (primary N) is 1. The quantitative estimate of drug-likeness (QED) is 0.418. The van der Waals surface area contributed by atoms with Gasteiger partial charge in [-0.1, -0.05) is 72.8 Å². The second-order valence-corrected chi connectivity index (χ2v) is 7.61. The number of carboxylic acid groups (broad SMARTS) is 1. The van der Waals surface area contributed by atoms with Crippen LogP contribution in [0.2, 0.25) is 0 Å². The van der Waals surface area contributed by atoms with Crippen molar-refractivity contribution in [3.8, 4) is 5.75 Å². The smallest absolute Gasteiger partial charge is 0.341 e. The molecule has 5 rings (SSSR count). The first-order valence-electron chi connectivity index (χ1n) is 10.2. The molecule has 0 aliphatic heterocycles. The average molecular weight is 424 g/mol. The summed E-state index contributed by atoms with van der Waals surface area (Å²) in [5.74, 6) is -1.19. The van der Waals surface area contributed by atoms with Crippen LogP contribution in [0.3, 0.4) is 0 Å². The van der Waals surface area contributed by atoms with Gasteiger partial charge < -0.3 is 20.1 Å². The Labute approximate surface area is 183 Å². The van der Waals surface area contributed by atoms with Crippen LogP contribution in [0, 0.1) is 0 Å². The van der Waals surface area contributed by atoms with Crippen LogP contribution in [0.25, 0.3) is 32.6 Å². The third kappa shape index (κ3) is 3.13.